The molecule has 2 aromatic carbocycles. The normalized spacial score (nSPS) is 15.0. The van der Waals surface area contributed by atoms with Gasteiger partial charge in [0.1, 0.15) is 0 Å². The number of phenolic OH excluding ortho intramolecular Hbond substituents is 1. The van der Waals surface area contributed by atoms with Gasteiger partial charge in [0.2, 0.25) is 0 Å². The summed E-state index contributed by atoms with van der Waals surface area (Å²) >= 11 is 3.22. The number of phenols is 1. The number of hydrazone groups is 1. The summed E-state index contributed by atoms with van der Waals surface area (Å²) < 4.78 is 21.6. The molecule has 1 heterocycles. The third-order valence-corrected chi connectivity index (χ3v) is 5.92. The Morgan fingerprint density at radius 3 is 2.58 bits per heavy atom. The summed E-state index contributed by atoms with van der Waals surface area (Å²) in [5.74, 6) is -0.347. The first-order chi connectivity index (χ1) is 18.2. The number of carbonyl (C=O) groups is 3. The topological polar surface area (TPSA) is 157 Å². The summed E-state index contributed by atoms with van der Waals surface area (Å²) in [6.45, 7) is 3.12. The van der Waals surface area contributed by atoms with Crippen LogP contribution in [0.1, 0.15) is 31.0 Å². The van der Waals surface area contributed by atoms with Crippen molar-refractivity contribution in [3.05, 3.63) is 57.2 Å². The fourth-order valence-corrected chi connectivity index (χ4v) is 4.04. The van der Waals surface area contributed by atoms with E-state index in [9.17, 15) is 19.5 Å². The molecule has 202 valence electrons. The van der Waals surface area contributed by atoms with Crippen LogP contribution in [0.4, 0.5) is 4.79 Å². The first-order valence-electron chi connectivity index (χ1n) is 11.3. The van der Waals surface area contributed by atoms with Crippen molar-refractivity contribution < 1.29 is 38.4 Å². The summed E-state index contributed by atoms with van der Waals surface area (Å²) in [5, 5.41) is 19.0. The maximum absolute atomic E-state index is 12.5. The molecule has 13 heteroatoms. The molecule has 2 aromatic rings. The average Bonchev–Trinajstić information content (AvgIpc) is 2.88. The molecule has 12 nitrogen and oxygen atoms in total. The van der Waals surface area contributed by atoms with Gasteiger partial charge in [-0.1, -0.05) is 6.07 Å². The Morgan fingerprint density at radius 2 is 1.89 bits per heavy atom. The minimum Gasteiger partial charge on any atom is -0.503 e. The zero-order valence-electron chi connectivity index (χ0n) is 21.1. The smallest absolute Gasteiger partial charge is 0.338 e. The van der Waals surface area contributed by atoms with E-state index in [0.29, 0.717) is 21.3 Å². The van der Waals surface area contributed by atoms with Crippen molar-refractivity contribution in [2.75, 3.05) is 27.4 Å². The van der Waals surface area contributed by atoms with Crippen molar-refractivity contribution in [2.24, 2.45) is 5.10 Å². The van der Waals surface area contributed by atoms with Gasteiger partial charge in [0.15, 0.2) is 29.6 Å². The number of ether oxygens (including phenoxy) is 4. The maximum atomic E-state index is 12.5. The van der Waals surface area contributed by atoms with Crippen LogP contribution in [-0.2, 0) is 14.3 Å². The van der Waals surface area contributed by atoms with Gasteiger partial charge < -0.3 is 34.7 Å². The number of halogens is 1. The number of esters is 1. The number of carbonyl (C=O) groups excluding carboxylic acids is 3. The molecule has 0 aromatic heterocycles. The Labute approximate surface area is 227 Å². The average molecular weight is 591 g/mol. The monoisotopic (exact) mass is 590 g/mol. The fraction of sp³-hybridized carbons (Fsp3) is 0.280. The maximum Gasteiger partial charge on any atom is 0.338 e. The Balaban J connectivity index is 1.69. The van der Waals surface area contributed by atoms with E-state index in [4.69, 9.17) is 18.9 Å². The number of urea groups is 1. The second-order valence-corrected chi connectivity index (χ2v) is 8.69. The molecule has 0 spiro atoms. The number of aromatic hydroxyl groups is 1. The minimum absolute atomic E-state index is 0.0483. The number of nitrogens with one attached hydrogen (secondary N) is 3. The van der Waals surface area contributed by atoms with Gasteiger partial charge in [0.05, 0.1) is 43.1 Å². The highest BCUT2D eigenvalue weighted by Crippen LogP contribution is 2.35. The summed E-state index contributed by atoms with van der Waals surface area (Å²) in [6.07, 6.45) is 1.38. The van der Waals surface area contributed by atoms with Crippen LogP contribution in [0.25, 0.3) is 0 Å². The van der Waals surface area contributed by atoms with Crippen LogP contribution in [-0.4, -0.2) is 56.7 Å². The van der Waals surface area contributed by atoms with Crippen LogP contribution in [0.3, 0.4) is 0 Å². The molecule has 4 N–H and O–H groups in total. The molecule has 0 saturated carbocycles. The van der Waals surface area contributed by atoms with Gasteiger partial charge in [-0.15, -0.1) is 0 Å². The van der Waals surface area contributed by atoms with Gasteiger partial charge in [-0.25, -0.2) is 15.0 Å². The number of allylic oxidation sites excluding steroid dienone is 1. The number of rotatable bonds is 10. The minimum atomic E-state index is -0.776. The lowest BCUT2D eigenvalue weighted by molar-refractivity contribution is -0.139. The van der Waals surface area contributed by atoms with Crippen molar-refractivity contribution >= 4 is 40.1 Å². The number of methoxy groups -OCH3 is 2. The lowest BCUT2D eigenvalue weighted by Gasteiger charge is -2.28. The number of amides is 3. The molecule has 0 saturated heterocycles. The van der Waals surface area contributed by atoms with Crippen molar-refractivity contribution in [1.82, 2.24) is 16.1 Å². The summed E-state index contributed by atoms with van der Waals surface area (Å²) in [4.78, 5) is 36.9. The first kappa shape index (κ1) is 28.3. The molecule has 3 rings (SSSR count). The van der Waals surface area contributed by atoms with E-state index in [0.717, 1.165) is 0 Å². The summed E-state index contributed by atoms with van der Waals surface area (Å²) in [6, 6.07) is 6.73. The van der Waals surface area contributed by atoms with Crippen LogP contribution >= 0.6 is 15.9 Å². The molecule has 1 atom stereocenters. The molecule has 1 aliphatic rings. The van der Waals surface area contributed by atoms with Crippen LogP contribution in [0.15, 0.2) is 51.2 Å². The third-order valence-electron chi connectivity index (χ3n) is 5.32. The number of nitrogens with zero attached hydrogens (tertiary/aromatic N) is 1. The zero-order chi connectivity index (χ0) is 27.8. The largest absolute Gasteiger partial charge is 0.503 e. The number of benzene rings is 2. The Morgan fingerprint density at radius 1 is 1.16 bits per heavy atom. The van der Waals surface area contributed by atoms with Crippen LogP contribution < -0.4 is 30.3 Å². The standard InChI is InChI=1S/C25H27BrN4O8/c1-5-37-24(33)21-13(2)28-25(34)29-22(21)15-6-7-17(18(10-15)35-3)38-12-20(31)30-27-11-14-8-16(26)23(32)19(9-14)36-4/h6-11,22,32H,5,12H2,1-4H3,(H,30,31)(H2,28,29,34)/b27-11-/t22-/m0/s1. The predicted molar refractivity (Wildman–Crippen MR) is 140 cm³/mol. The highest BCUT2D eigenvalue weighted by molar-refractivity contribution is 9.10. The first-order valence-corrected chi connectivity index (χ1v) is 12.1. The second-order valence-electron chi connectivity index (χ2n) is 7.84. The van der Waals surface area contributed by atoms with Gasteiger partial charge in [-0.05, 0) is 65.2 Å². The molecule has 0 radical (unpaired) electrons. The summed E-state index contributed by atoms with van der Waals surface area (Å²) in [5.41, 5.74) is 4.11. The molecule has 1 aliphatic heterocycles. The van der Waals surface area contributed by atoms with Crippen LogP contribution in [0.2, 0.25) is 0 Å². The van der Waals surface area contributed by atoms with Crippen LogP contribution in [0, 0.1) is 0 Å². The van der Waals surface area contributed by atoms with Gasteiger partial charge in [-0.2, -0.15) is 5.10 Å². The van der Waals surface area contributed by atoms with E-state index in [1.165, 1.54) is 20.4 Å². The predicted octanol–water partition coefficient (Wildman–Crippen LogP) is 2.89. The summed E-state index contributed by atoms with van der Waals surface area (Å²) in [7, 11) is 2.84. The van der Waals surface area contributed by atoms with E-state index >= 15 is 0 Å². The van der Waals surface area contributed by atoms with Gasteiger partial charge in [-0.3, -0.25) is 4.79 Å². The Bertz CT molecular complexity index is 1290. The third kappa shape index (κ3) is 6.73. The van der Waals surface area contributed by atoms with Crippen molar-refractivity contribution in [2.45, 2.75) is 19.9 Å². The fourth-order valence-electron chi connectivity index (χ4n) is 3.58. The van der Waals surface area contributed by atoms with Crippen molar-refractivity contribution in [3.8, 4) is 23.0 Å². The van der Waals surface area contributed by atoms with E-state index < -0.39 is 23.9 Å². The van der Waals surface area contributed by atoms with E-state index in [1.807, 2.05) is 0 Å². The van der Waals surface area contributed by atoms with Gasteiger partial charge in [0.25, 0.3) is 5.91 Å². The lowest BCUT2D eigenvalue weighted by Crippen LogP contribution is -2.45. The van der Waals surface area contributed by atoms with E-state index in [1.54, 1.807) is 44.2 Å². The highest BCUT2D eigenvalue weighted by Gasteiger charge is 2.32. The van der Waals surface area contributed by atoms with Gasteiger partial charge in [0, 0.05) is 5.70 Å². The molecule has 0 bridgehead atoms. The molecular formula is C25H27BrN4O8. The number of hydrogen-bond donors (Lipinski definition) is 4. The van der Waals surface area contributed by atoms with Gasteiger partial charge >= 0.3 is 12.0 Å². The molecule has 38 heavy (non-hydrogen) atoms. The zero-order valence-corrected chi connectivity index (χ0v) is 22.7. The SMILES string of the molecule is CCOC(=O)C1=C(C)NC(=O)N[C@H]1c1ccc(OCC(=O)N/N=C\c2cc(Br)c(O)c(OC)c2)c(OC)c1. The molecular weight excluding hydrogens is 564 g/mol. The lowest BCUT2D eigenvalue weighted by atomic mass is 9.95. The molecule has 0 aliphatic carbocycles. The number of hydrogen-bond acceptors (Lipinski definition) is 9. The van der Waals surface area contributed by atoms with Crippen molar-refractivity contribution in [3.63, 3.8) is 0 Å². The van der Waals surface area contributed by atoms with Crippen molar-refractivity contribution in [1.29, 1.82) is 0 Å². The van der Waals surface area contributed by atoms with E-state index in [2.05, 4.69) is 37.1 Å². The second kappa shape index (κ2) is 12.8. The molecule has 0 fully saturated rings. The quantitative estimate of drug-likeness (QED) is 0.187. The van der Waals surface area contributed by atoms with Crippen LogP contribution in [0.5, 0.6) is 23.0 Å². The highest BCUT2D eigenvalue weighted by atomic mass is 79.9. The Hall–Kier alpha value is -4.26. The Kier molecular flexibility index (Phi) is 9.55. The molecule has 0 unspecified atom stereocenters. The molecule has 3 amide bonds. The van der Waals surface area contributed by atoms with E-state index in [-0.39, 0.29) is 41.8 Å².